The van der Waals surface area contributed by atoms with Crippen molar-refractivity contribution in [2.45, 2.75) is 45.7 Å². The van der Waals surface area contributed by atoms with Gasteiger partial charge in [0, 0.05) is 12.1 Å². The van der Waals surface area contributed by atoms with Crippen LogP contribution in [0.5, 0.6) is 0 Å². The summed E-state index contributed by atoms with van der Waals surface area (Å²) in [4.78, 5) is 12.6. The summed E-state index contributed by atoms with van der Waals surface area (Å²) in [5, 5.41) is 0. The Bertz CT molecular complexity index is 680. The number of hydrogen-bond acceptors (Lipinski definition) is 2. The molecule has 0 spiro atoms. The monoisotopic (exact) mass is 285 g/mol. The normalized spacial score (nSPS) is 16.1. The van der Waals surface area contributed by atoms with Gasteiger partial charge in [-0.05, 0) is 32.1 Å². The molecule has 112 valence electrons. The number of nitrogens with two attached hydrogens (primary N) is 1. The number of hydrogen-bond donors (Lipinski definition) is 1. The maximum Gasteiger partial charge on any atom is 0.290 e. The van der Waals surface area contributed by atoms with E-state index in [0.717, 1.165) is 24.2 Å². The summed E-state index contributed by atoms with van der Waals surface area (Å²) in [5.41, 5.74) is 8.39. The summed E-state index contributed by atoms with van der Waals surface area (Å²) in [7, 11) is 0. The molecule has 1 aromatic carbocycles. The van der Waals surface area contributed by atoms with Crippen molar-refractivity contribution in [3.63, 3.8) is 0 Å². The SMILES string of the molecule is CCCn1c(-c2ccccc2)c(N)c(=O)n1C(C)C1CC1. The second-order valence-electron chi connectivity index (χ2n) is 5.98. The molecule has 21 heavy (non-hydrogen) atoms. The van der Waals surface area contributed by atoms with Gasteiger partial charge in [-0.25, -0.2) is 4.68 Å². The number of aromatic nitrogens is 2. The van der Waals surface area contributed by atoms with Gasteiger partial charge in [0.1, 0.15) is 5.69 Å². The molecule has 0 saturated heterocycles. The van der Waals surface area contributed by atoms with Gasteiger partial charge in [0.2, 0.25) is 0 Å². The highest BCUT2D eigenvalue weighted by molar-refractivity contribution is 5.72. The highest BCUT2D eigenvalue weighted by Crippen LogP contribution is 2.40. The van der Waals surface area contributed by atoms with Crippen molar-refractivity contribution in [3.05, 3.63) is 40.7 Å². The topological polar surface area (TPSA) is 52.9 Å². The van der Waals surface area contributed by atoms with Crippen LogP contribution in [0.3, 0.4) is 0 Å². The van der Waals surface area contributed by atoms with E-state index in [0.29, 0.717) is 11.6 Å². The first-order chi connectivity index (χ1) is 10.1. The van der Waals surface area contributed by atoms with Crippen LogP contribution in [0.2, 0.25) is 0 Å². The molecule has 0 radical (unpaired) electrons. The molecule has 1 aliphatic carbocycles. The average molecular weight is 285 g/mol. The van der Waals surface area contributed by atoms with Crippen molar-refractivity contribution in [2.24, 2.45) is 5.92 Å². The molecule has 0 amide bonds. The second-order valence-corrected chi connectivity index (χ2v) is 5.98. The first-order valence-corrected chi connectivity index (χ1v) is 7.81. The van der Waals surface area contributed by atoms with Crippen molar-refractivity contribution < 1.29 is 0 Å². The number of anilines is 1. The molecule has 1 unspecified atom stereocenters. The zero-order chi connectivity index (χ0) is 15.0. The minimum absolute atomic E-state index is 0.0401. The molecular formula is C17H23N3O. The van der Waals surface area contributed by atoms with Crippen LogP contribution in [0.1, 0.15) is 39.2 Å². The van der Waals surface area contributed by atoms with E-state index in [-0.39, 0.29) is 11.6 Å². The van der Waals surface area contributed by atoms with Crippen LogP contribution in [0.15, 0.2) is 35.1 Å². The van der Waals surface area contributed by atoms with Crippen LogP contribution < -0.4 is 11.3 Å². The van der Waals surface area contributed by atoms with E-state index >= 15 is 0 Å². The lowest BCUT2D eigenvalue weighted by Crippen LogP contribution is -2.28. The van der Waals surface area contributed by atoms with Gasteiger partial charge in [0.25, 0.3) is 5.56 Å². The lowest BCUT2D eigenvalue weighted by molar-refractivity contribution is 0.351. The minimum Gasteiger partial charge on any atom is -0.392 e. The third-order valence-electron chi connectivity index (χ3n) is 4.38. The number of benzene rings is 1. The van der Waals surface area contributed by atoms with E-state index in [2.05, 4.69) is 18.5 Å². The van der Waals surface area contributed by atoms with Crippen LogP contribution in [0, 0.1) is 5.92 Å². The van der Waals surface area contributed by atoms with Gasteiger partial charge in [-0.2, -0.15) is 0 Å². The van der Waals surface area contributed by atoms with Crippen LogP contribution in [0.4, 0.5) is 5.69 Å². The van der Waals surface area contributed by atoms with Gasteiger partial charge in [0.05, 0.1) is 11.7 Å². The summed E-state index contributed by atoms with van der Waals surface area (Å²) < 4.78 is 3.98. The van der Waals surface area contributed by atoms with E-state index in [1.54, 1.807) is 0 Å². The molecule has 1 aliphatic rings. The van der Waals surface area contributed by atoms with Crippen molar-refractivity contribution in [2.75, 3.05) is 5.73 Å². The maximum atomic E-state index is 12.6. The first-order valence-electron chi connectivity index (χ1n) is 7.81. The van der Waals surface area contributed by atoms with Crippen LogP contribution in [0.25, 0.3) is 11.3 Å². The Balaban J connectivity index is 2.19. The summed E-state index contributed by atoms with van der Waals surface area (Å²) in [6.07, 6.45) is 3.40. The zero-order valence-electron chi connectivity index (χ0n) is 12.7. The third kappa shape index (κ3) is 2.39. The molecule has 0 aliphatic heterocycles. The fraction of sp³-hybridized carbons (Fsp3) is 0.471. The maximum absolute atomic E-state index is 12.6. The molecule has 2 N–H and O–H groups in total. The molecule has 1 fully saturated rings. The third-order valence-corrected chi connectivity index (χ3v) is 4.38. The van der Waals surface area contributed by atoms with Gasteiger partial charge in [-0.15, -0.1) is 0 Å². The Labute approximate surface area is 125 Å². The van der Waals surface area contributed by atoms with Crippen LogP contribution in [-0.2, 0) is 6.54 Å². The van der Waals surface area contributed by atoms with Crippen molar-refractivity contribution in [1.82, 2.24) is 9.36 Å². The van der Waals surface area contributed by atoms with E-state index in [1.807, 2.05) is 35.0 Å². The standard InChI is InChI=1S/C17H23N3O/c1-3-11-19-16(14-7-5-4-6-8-14)15(18)17(21)20(19)12(2)13-9-10-13/h4-8,12-13H,3,9-11,18H2,1-2H3. The van der Waals surface area contributed by atoms with Gasteiger partial charge in [0.15, 0.2) is 0 Å². The molecule has 3 rings (SSSR count). The van der Waals surface area contributed by atoms with Crippen molar-refractivity contribution in [3.8, 4) is 11.3 Å². The van der Waals surface area contributed by atoms with E-state index < -0.39 is 0 Å². The number of nitrogens with zero attached hydrogens (tertiary/aromatic N) is 2. The molecule has 2 aromatic rings. The lowest BCUT2D eigenvalue weighted by atomic mass is 10.1. The second kappa shape index (κ2) is 5.43. The number of rotatable bonds is 5. The fourth-order valence-corrected chi connectivity index (χ4v) is 3.10. The lowest BCUT2D eigenvalue weighted by Gasteiger charge is -2.19. The summed E-state index contributed by atoms with van der Waals surface area (Å²) in [6, 6.07) is 10.2. The highest BCUT2D eigenvalue weighted by atomic mass is 16.1. The van der Waals surface area contributed by atoms with E-state index in [4.69, 9.17) is 5.73 Å². The molecule has 1 heterocycles. The molecule has 1 saturated carbocycles. The quantitative estimate of drug-likeness (QED) is 0.916. The summed E-state index contributed by atoms with van der Waals surface area (Å²) in [6.45, 7) is 5.08. The van der Waals surface area contributed by atoms with Crippen LogP contribution >= 0.6 is 0 Å². The Morgan fingerprint density at radius 2 is 1.95 bits per heavy atom. The zero-order valence-corrected chi connectivity index (χ0v) is 12.7. The number of nitrogen functional groups attached to an aromatic ring is 1. The predicted molar refractivity (Wildman–Crippen MR) is 86.3 cm³/mol. The highest BCUT2D eigenvalue weighted by Gasteiger charge is 2.33. The summed E-state index contributed by atoms with van der Waals surface area (Å²) in [5.74, 6) is 0.622. The Morgan fingerprint density at radius 3 is 2.52 bits per heavy atom. The van der Waals surface area contributed by atoms with Crippen molar-refractivity contribution >= 4 is 5.69 Å². The Morgan fingerprint density at radius 1 is 1.29 bits per heavy atom. The molecular weight excluding hydrogens is 262 g/mol. The van der Waals surface area contributed by atoms with Crippen LogP contribution in [-0.4, -0.2) is 9.36 Å². The van der Waals surface area contributed by atoms with Gasteiger partial charge in [-0.3, -0.25) is 9.48 Å². The first kappa shape index (κ1) is 14.0. The average Bonchev–Trinajstić information content (AvgIpc) is 3.30. The Hall–Kier alpha value is -1.97. The smallest absolute Gasteiger partial charge is 0.290 e. The molecule has 4 nitrogen and oxygen atoms in total. The van der Waals surface area contributed by atoms with Gasteiger partial charge in [-0.1, -0.05) is 37.3 Å². The Kier molecular flexibility index (Phi) is 3.62. The van der Waals surface area contributed by atoms with Gasteiger partial charge < -0.3 is 5.73 Å². The molecule has 0 bridgehead atoms. The van der Waals surface area contributed by atoms with E-state index in [1.165, 1.54) is 12.8 Å². The van der Waals surface area contributed by atoms with Crippen molar-refractivity contribution in [1.29, 1.82) is 0 Å². The predicted octanol–water partition coefficient (Wildman–Crippen LogP) is 3.28. The van der Waals surface area contributed by atoms with Gasteiger partial charge >= 0.3 is 0 Å². The molecule has 1 aromatic heterocycles. The minimum atomic E-state index is -0.0401. The van der Waals surface area contributed by atoms with E-state index in [9.17, 15) is 4.79 Å². The largest absolute Gasteiger partial charge is 0.392 e. The fourth-order valence-electron chi connectivity index (χ4n) is 3.10. The molecule has 1 atom stereocenters. The molecule has 4 heteroatoms. The summed E-state index contributed by atoms with van der Waals surface area (Å²) >= 11 is 0.